The molecule has 6 heteroatoms. The molecular weight excluding hydrogens is 372 g/mol. The van der Waals surface area contributed by atoms with E-state index in [0.29, 0.717) is 24.7 Å². The van der Waals surface area contributed by atoms with Gasteiger partial charge in [-0.3, -0.25) is 4.79 Å². The number of carbonyl (C=O) groups is 1. The maximum absolute atomic E-state index is 12.1. The third-order valence-corrected chi connectivity index (χ3v) is 7.28. The smallest absolute Gasteiger partial charge is 0.306 e. The molecule has 1 unspecified atom stereocenters. The van der Waals surface area contributed by atoms with Gasteiger partial charge in [-0.2, -0.15) is 0 Å². The Bertz CT molecular complexity index is 663. The summed E-state index contributed by atoms with van der Waals surface area (Å²) in [6.45, 7) is 5.65. The molecule has 1 aromatic heterocycles. The van der Waals surface area contributed by atoms with Gasteiger partial charge in [-0.15, -0.1) is 11.8 Å². The number of esters is 1. The van der Waals surface area contributed by atoms with Crippen molar-refractivity contribution >= 4 is 23.5 Å². The van der Waals surface area contributed by atoms with E-state index in [1.165, 1.54) is 32.1 Å². The standard InChI is InChI=1S/C22H34N2O3S/c1-4-6-8-17(5-2)15-26-19(25)10-14-28-18-9-13-23-21-20(18)27-16-22(24(21)3)11-7-12-22/h9,13,17H,4-8,10-12,14-16H2,1-3H3. The second kappa shape index (κ2) is 9.86. The predicted molar refractivity (Wildman–Crippen MR) is 114 cm³/mol. The van der Waals surface area contributed by atoms with Crippen molar-refractivity contribution in [2.75, 3.05) is 30.9 Å². The van der Waals surface area contributed by atoms with E-state index in [9.17, 15) is 4.79 Å². The maximum atomic E-state index is 12.1. The first-order valence-electron chi connectivity index (χ1n) is 10.7. The summed E-state index contributed by atoms with van der Waals surface area (Å²) >= 11 is 1.65. The highest BCUT2D eigenvalue weighted by atomic mass is 32.2. The number of nitrogens with zero attached hydrogens (tertiary/aromatic N) is 2. The van der Waals surface area contributed by atoms with Crippen molar-refractivity contribution in [1.82, 2.24) is 4.98 Å². The number of pyridine rings is 1. The monoisotopic (exact) mass is 406 g/mol. The van der Waals surface area contributed by atoms with E-state index in [0.717, 1.165) is 35.9 Å². The molecule has 1 aromatic rings. The van der Waals surface area contributed by atoms with Gasteiger partial charge in [0.05, 0.1) is 23.5 Å². The zero-order valence-corrected chi connectivity index (χ0v) is 18.4. The van der Waals surface area contributed by atoms with Crippen molar-refractivity contribution in [1.29, 1.82) is 0 Å². The number of likely N-dealkylation sites (N-methyl/N-ethyl adjacent to an activating group) is 1. The van der Waals surface area contributed by atoms with Gasteiger partial charge < -0.3 is 14.4 Å². The van der Waals surface area contributed by atoms with Gasteiger partial charge in [0.15, 0.2) is 11.6 Å². The highest BCUT2D eigenvalue weighted by Gasteiger charge is 2.46. The van der Waals surface area contributed by atoms with Crippen LogP contribution in [0.2, 0.25) is 0 Å². The number of anilines is 1. The summed E-state index contributed by atoms with van der Waals surface area (Å²) in [7, 11) is 2.13. The van der Waals surface area contributed by atoms with Crippen molar-refractivity contribution in [3.63, 3.8) is 0 Å². The van der Waals surface area contributed by atoms with Crippen molar-refractivity contribution in [2.24, 2.45) is 5.92 Å². The Morgan fingerprint density at radius 2 is 2.25 bits per heavy atom. The summed E-state index contributed by atoms with van der Waals surface area (Å²) in [6.07, 6.45) is 10.5. The van der Waals surface area contributed by atoms with E-state index >= 15 is 0 Å². The second-order valence-electron chi connectivity index (χ2n) is 8.09. The Labute approximate surface area is 173 Å². The third kappa shape index (κ3) is 4.76. The SMILES string of the molecule is CCCCC(CC)COC(=O)CCSc1ccnc2c1OCC1(CCC1)N2C. The van der Waals surface area contributed by atoms with Crippen LogP contribution in [0.1, 0.15) is 65.2 Å². The molecule has 0 bridgehead atoms. The molecule has 1 aliphatic heterocycles. The number of aromatic nitrogens is 1. The van der Waals surface area contributed by atoms with Crippen LogP contribution < -0.4 is 9.64 Å². The fourth-order valence-corrected chi connectivity index (χ4v) is 4.85. The molecule has 2 heterocycles. The lowest BCUT2D eigenvalue weighted by Gasteiger charge is -2.51. The molecule has 1 fully saturated rings. The molecule has 1 atom stereocenters. The number of hydrogen-bond donors (Lipinski definition) is 0. The Morgan fingerprint density at radius 1 is 1.43 bits per heavy atom. The average molecular weight is 407 g/mol. The third-order valence-electron chi connectivity index (χ3n) is 6.24. The van der Waals surface area contributed by atoms with E-state index in [2.05, 4.69) is 30.8 Å². The summed E-state index contributed by atoms with van der Waals surface area (Å²) in [5, 5.41) is 0. The highest BCUT2D eigenvalue weighted by Crippen LogP contribution is 2.48. The summed E-state index contributed by atoms with van der Waals surface area (Å²) in [4.78, 5) is 20.0. The average Bonchev–Trinajstić information content (AvgIpc) is 2.67. The Kier molecular flexibility index (Phi) is 7.49. The number of unbranched alkanes of at least 4 members (excludes halogenated alkanes) is 1. The lowest BCUT2D eigenvalue weighted by atomic mass is 9.75. The first-order valence-corrected chi connectivity index (χ1v) is 11.7. The molecule has 3 rings (SSSR count). The van der Waals surface area contributed by atoms with Gasteiger partial charge in [-0.25, -0.2) is 4.98 Å². The Balaban J connectivity index is 1.47. The quantitative estimate of drug-likeness (QED) is 0.399. The molecule has 0 radical (unpaired) electrons. The van der Waals surface area contributed by atoms with Gasteiger partial charge in [0, 0.05) is 19.0 Å². The van der Waals surface area contributed by atoms with E-state index in [-0.39, 0.29) is 11.5 Å². The van der Waals surface area contributed by atoms with Gasteiger partial charge in [0.25, 0.3) is 0 Å². The number of ether oxygens (including phenoxy) is 2. The second-order valence-corrected chi connectivity index (χ2v) is 9.22. The molecule has 1 aliphatic carbocycles. The van der Waals surface area contributed by atoms with E-state index in [1.54, 1.807) is 11.8 Å². The molecule has 1 spiro atoms. The first kappa shape index (κ1) is 21.3. The highest BCUT2D eigenvalue weighted by molar-refractivity contribution is 7.99. The first-order chi connectivity index (χ1) is 13.6. The fourth-order valence-electron chi connectivity index (χ4n) is 3.93. The minimum Gasteiger partial charge on any atom is -0.486 e. The van der Waals surface area contributed by atoms with Crippen LogP contribution in [0.15, 0.2) is 17.2 Å². The largest absolute Gasteiger partial charge is 0.486 e. The van der Waals surface area contributed by atoms with Crippen molar-refractivity contribution in [3.05, 3.63) is 12.3 Å². The van der Waals surface area contributed by atoms with Crippen molar-refractivity contribution < 1.29 is 14.3 Å². The minimum atomic E-state index is -0.100. The molecule has 5 nitrogen and oxygen atoms in total. The van der Waals surface area contributed by atoms with Gasteiger partial charge >= 0.3 is 5.97 Å². The molecule has 0 saturated heterocycles. The van der Waals surface area contributed by atoms with Gasteiger partial charge in [0.1, 0.15) is 6.61 Å². The molecule has 0 N–H and O–H groups in total. The summed E-state index contributed by atoms with van der Waals surface area (Å²) in [6, 6.07) is 1.99. The topological polar surface area (TPSA) is 51.7 Å². The van der Waals surface area contributed by atoms with Gasteiger partial charge in [-0.05, 0) is 37.7 Å². The van der Waals surface area contributed by atoms with Gasteiger partial charge in [0.2, 0.25) is 0 Å². The minimum absolute atomic E-state index is 0.100. The predicted octanol–water partition coefficient (Wildman–Crippen LogP) is 5.07. The maximum Gasteiger partial charge on any atom is 0.306 e. The fraction of sp³-hybridized carbons (Fsp3) is 0.727. The summed E-state index contributed by atoms with van der Waals surface area (Å²) in [5.74, 6) is 2.88. The lowest BCUT2D eigenvalue weighted by Crippen LogP contribution is -2.58. The molecule has 28 heavy (non-hydrogen) atoms. The summed E-state index contributed by atoms with van der Waals surface area (Å²) in [5.41, 5.74) is 0.140. The van der Waals surface area contributed by atoms with E-state index in [4.69, 9.17) is 9.47 Å². The Morgan fingerprint density at radius 3 is 2.93 bits per heavy atom. The van der Waals surface area contributed by atoms with Crippen LogP contribution >= 0.6 is 11.8 Å². The van der Waals surface area contributed by atoms with Gasteiger partial charge in [-0.1, -0.05) is 33.1 Å². The van der Waals surface area contributed by atoms with Crippen LogP contribution in [0.3, 0.4) is 0 Å². The lowest BCUT2D eigenvalue weighted by molar-refractivity contribution is -0.144. The van der Waals surface area contributed by atoms with Crippen LogP contribution in [0, 0.1) is 5.92 Å². The van der Waals surface area contributed by atoms with Crippen LogP contribution in [0.4, 0.5) is 5.82 Å². The van der Waals surface area contributed by atoms with Crippen LogP contribution in [0.25, 0.3) is 0 Å². The molecule has 1 saturated carbocycles. The zero-order chi connectivity index (χ0) is 20.0. The molecule has 0 amide bonds. The normalized spacial score (nSPS) is 18.2. The van der Waals surface area contributed by atoms with Crippen LogP contribution in [0.5, 0.6) is 5.75 Å². The zero-order valence-electron chi connectivity index (χ0n) is 17.5. The number of hydrogen-bond acceptors (Lipinski definition) is 6. The van der Waals surface area contributed by atoms with E-state index < -0.39 is 0 Å². The van der Waals surface area contributed by atoms with E-state index in [1.807, 2.05) is 12.3 Å². The molecule has 2 aliphatic rings. The number of carbonyl (C=O) groups excluding carboxylic acids is 1. The van der Waals surface area contributed by atoms with Crippen molar-refractivity contribution in [2.45, 2.75) is 75.6 Å². The summed E-state index contributed by atoms with van der Waals surface area (Å²) < 4.78 is 11.6. The van der Waals surface area contributed by atoms with Crippen molar-refractivity contribution in [3.8, 4) is 5.75 Å². The van der Waals surface area contributed by atoms with Crippen LogP contribution in [-0.4, -0.2) is 42.5 Å². The molecule has 0 aromatic carbocycles. The van der Waals surface area contributed by atoms with Crippen LogP contribution in [-0.2, 0) is 9.53 Å². The number of thioether (sulfide) groups is 1. The molecular formula is C22H34N2O3S. The number of rotatable bonds is 10. The Hall–Kier alpha value is -1.43. The molecule has 156 valence electrons. The number of fused-ring (bicyclic) bond motifs is 1.